The number of carbonyl (C=O) groups is 1. The quantitative estimate of drug-likeness (QED) is 0.444. The monoisotopic (exact) mass is 420 g/mol. The Balaban J connectivity index is 1.88. The summed E-state index contributed by atoms with van der Waals surface area (Å²) in [5.74, 6) is -0.337. The summed E-state index contributed by atoms with van der Waals surface area (Å²) >= 11 is 0. The molecule has 6 nitrogen and oxygen atoms in total. The molecule has 0 radical (unpaired) electrons. The molecule has 0 spiro atoms. The number of carboxylic acids is 1. The summed E-state index contributed by atoms with van der Waals surface area (Å²) in [5, 5.41) is 8.67. The van der Waals surface area contributed by atoms with E-state index in [9.17, 15) is 4.79 Å². The number of hydrogen-bond donors (Lipinski definition) is 1. The van der Waals surface area contributed by atoms with Crippen molar-refractivity contribution >= 4 is 11.8 Å². The van der Waals surface area contributed by atoms with E-state index in [1.54, 1.807) is 6.20 Å². The molecular formula is C25H29N3O3. The maximum Gasteiger partial charge on any atom is 0.329 e. The number of carboxylic acid groups (broad SMARTS) is 1. The molecule has 3 rings (SSSR count). The first kappa shape index (κ1) is 21.0. The van der Waals surface area contributed by atoms with Crippen molar-refractivity contribution in [1.29, 1.82) is 0 Å². The molecule has 0 aliphatic carbocycles. The topological polar surface area (TPSA) is 75.5 Å². The van der Waals surface area contributed by atoms with Crippen molar-refractivity contribution in [3.05, 3.63) is 66.9 Å². The van der Waals surface area contributed by atoms with E-state index in [2.05, 4.69) is 0 Å². The summed E-state index contributed by atoms with van der Waals surface area (Å²) in [4.78, 5) is 22.2. The Labute approximate surface area is 185 Å². The summed E-state index contributed by atoms with van der Waals surface area (Å²) < 4.78 is 13.8. The van der Waals surface area contributed by atoms with Crippen molar-refractivity contribution in [2.24, 2.45) is 0 Å². The number of nitrogens with zero attached hydrogens (tertiary/aromatic N) is 3. The van der Waals surface area contributed by atoms with Gasteiger partial charge in [-0.2, -0.15) is 0 Å². The van der Waals surface area contributed by atoms with Crippen molar-refractivity contribution in [3.8, 4) is 22.5 Å². The maximum atomic E-state index is 10.6. The van der Waals surface area contributed by atoms with Crippen LogP contribution in [0.25, 0.3) is 22.5 Å². The zero-order chi connectivity index (χ0) is 23.0. The van der Waals surface area contributed by atoms with Gasteiger partial charge in [0.2, 0.25) is 0 Å². The molecule has 1 N–H and O–H groups in total. The first-order valence-electron chi connectivity index (χ1n) is 10.9. The summed E-state index contributed by atoms with van der Waals surface area (Å²) in [6.45, 7) is 4.30. The number of aromatic nitrogens is 2. The zero-order valence-electron chi connectivity index (χ0n) is 19.0. The predicted molar refractivity (Wildman–Crippen MR) is 123 cm³/mol. The Morgan fingerprint density at radius 1 is 1.03 bits per heavy atom. The van der Waals surface area contributed by atoms with Crippen LogP contribution in [0, 0.1) is 0 Å². The summed E-state index contributed by atoms with van der Waals surface area (Å²) in [6, 6.07) is 19.0. The Hall–Kier alpha value is -3.25. The van der Waals surface area contributed by atoms with Crippen LogP contribution in [0.5, 0.6) is 0 Å². The lowest BCUT2D eigenvalue weighted by molar-refractivity contribution is -0.142. The Bertz CT molecular complexity index is 1010. The van der Waals surface area contributed by atoms with Crippen LogP contribution in [0.3, 0.4) is 0 Å². The highest BCUT2D eigenvalue weighted by atomic mass is 16.5. The van der Waals surface area contributed by atoms with Crippen molar-refractivity contribution in [2.45, 2.75) is 32.7 Å². The molecule has 0 saturated heterocycles. The molecule has 1 heterocycles. The van der Waals surface area contributed by atoms with E-state index in [0.29, 0.717) is 25.4 Å². The molecule has 6 heteroatoms. The lowest BCUT2D eigenvalue weighted by atomic mass is 10.0. The number of unbranched alkanes of at least 4 members (excludes halogenated alkanes) is 1. The van der Waals surface area contributed by atoms with Crippen LogP contribution in [-0.4, -0.2) is 46.8 Å². The second-order valence-electron chi connectivity index (χ2n) is 7.41. The Kier molecular flexibility index (Phi) is 7.60. The van der Waals surface area contributed by atoms with Crippen LogP contribution in [0.4, 0.5) is 5.82 Å². The average molecular weight is 421 g/mol. The average Bonchev–Trinajstić information content (AvgIpc) is 2.78. The number of ether oxygens (including phenoxy) is 1. The molecule has 162 valence electrons. The van der Waals surface area contributed by atoms with Gasteiger partial charge in [0.1, 0.15) is 12.4 Å². The molecule has 2 aromatic carbocycles. The predicted octanol–water partition coefficient (Wildman–Crippen LogP) is 4.91. The minimum absolute atomic E-state index is 0.291. The minimum atomic E-state index is -0.971. The number of anilines is 1. The lowest BCUT2D eigenvalue weighted by Crippen LogP contribution is -2.33. The fourth-order valence-electron chi connectivity index (χ4n) is 3.32. The van der Waals surface area contributed by atoms with Gasteiger partial charge in [0.25, 0.3) is 0 Å². The van der Waals surface area contributed by atoms with Crippen LogP contribution in [0.15, 0.2) is 66.9 Å². The molecule has 0 aliphatic rings. The largest absolute Gasteiger partial charge is 0.480 e. The van der Waals surface area contributed by atoms with Gasteiger partial charge in [-0.3, -0.25) is 4.98 Å². The molecule has 0 saturated carbocycles. The maximum absolute atomic E-state index is 10.6. The fraction of sp³-hybridized carbons (Fsp3) is 0.320. The SMILES string of the molecule is [2H]C(C)(C)N(CCCCOCC(=O)O)c1cnc(-c2ccccc2)c(-c2ccccc2)n1. The third-order valence-electron chi connectivity index (χ3n) is 4.82. The van der Waals surface area contributed by atoms with Gasteiger partial charge in [-0.1, -0.05) is 60.7 Å². The number of benzene rings is 2. The molecule has 31 heavy (non-hydrogen) atoms. The second kappa shape index (κ2) is 11.2. The second-order valence-corrected chi connectivity index (χ2v) is 7.41. The highest BCUT2D eigenvalue weighted by Gasteiger charge is 2.17. The highest BCUT2D eigenvalue weighted by molar-refractivity contribution is 5.78. The molecule has 0 amide bonds. The van der Waals surface area contributed by atoms with E-state index in [1.165, 1.54) is 0 Å². The van der Waals surface area contributed by atoms with E-state index in [0.717, 1.165) is 28.9 Å². The van der Waals surface area contributed by atoms with Gasteiger partial charge in [-0.15, -0.1) is 0 Å². The first-order chi connectivity index (χ1) is 15.4. The van der Waals surface area contributed by atoms with E-state index < -0.39 is 12.0 Å². The van der Waals surface area contributed by atoms with E-state index in [-0.39, 0.29) is 6.61 Å². The van der Waals surface area contributed by atoms with Gasteiger partial charge in [0.15, 0.2) is 0 Å². The molecule has 0 atom stereocenters. The van der Waals surface area contributed by atoms with Crippen molar-refractivity contribution in [2.75, 3.05) is 24.7 Å². The molecule has 0 bridgehead atoms. The lowest BCUT2D eigenvalue weighted by Gasteiger charge is -2.28. The molecule has 1 aromatic heterocycles. The number of aliphatic carboxylic acids is 1. The van der Waals surface area contributed by atoms with Crippen molar-refractivity contribution in [3.63, 3.8) is 0 Å². The minimum Gasteiger partial charge on any atom is -0.480 e. The normalized spacial score (nSPS) is 11.7. The van der Waals surface area contributed by atoms with Crippen LogP contribution < -0.4 is 4.90 Å². The van der Waals surface area contributed by atoms with E-state index in [4.69, 9.17) is 21.2 Å². The Morgan fingerprint density at radius 2 is 1.65 bits per heavy atom. The standard InChI is InChI=1S/C25H29N3O3/c1-19(2)28(15-9-10-16-31-18-23(29)30)22-17-26-24(20-11-5-3-6-12-20)25(27-22)21-13-7-4-8-14-21/h3-8,11-14,17,19H,9-10,15-16,18H2,1-2H3,(H,29,30)/i19D. The van der Waals surface area contributed by atoms with Crippen LogP contribution in [-0.2, 0) is 9.53 Å². The van der Waals surface area contributed by atoms with Gasteiger partial charge < -0.3 is 14.7 Å². The summed E-state index contributed by atoms with van der Waals surface area (Å²) in [6.07, 6.45) is 3.16. The van der Waals surface area contributed by atoms with E-state index >= 15 is 0 Å². The fourth-order valence-corrected chi connectivity index (χ4v) is 3.32. The van der Waals surface area contributed by atoms with Crippen molar-refractivity contribution in [1.82, 2.24) is 9.97 Å². The third-order valence-corrected chi connectivity index (χ3v) is 4.82. The van der Waals surface area contributed by atoms with Gasteiger partial charge in [-0.25, -0.2) is 9.78 Å². The van der Waals surface area contributed by atoms with Crippen LogP contribution in [0.1, 0.15) is 28.1 Å². The number of hydrogen-bond acceptors (Lipinski definition) is 5. The van der Waals surface area contributed by atoms with Crippen LogP contribution >= 0.6 is 0 Å². The molecule has 3 aromatic rings. The molecule has 0 fully saturated rings. The van der Waals surface area contributed by atoms with Gasteiger partial charge in [0, 0.05) is 30.3 Å². The van der Waals surface area contributed by atoms with Gasteiger partial charge in [-0.05, 0) is 26.7 Å². The smallest absolute Gasteiger partial charge is 0.329 e. The number of rotatable bonds is 11. The third kappa shape index (κ3) is 6.36. The molecule has 0 aliphatic heterocycles. The summed E-state index contributed by atoms with van der Waals surface area (Å²) in [7, 11) is 0. The Morgan fingerprint density at radius 3 is 2.23 bits per heavy atom. The van der Waals surface area contributed by atoms with E-state index in [1.807, 2.05) is 79.4 Å². The highest BCUT2D eigenvalue weighted by Crippen LogP contribution is 2.30. The zero-order valence-corrected chi connectivity index (χ0v) is 18.0. The molecular weight excluding hydrogens is 390 g/mol. The molecule has 0 unspecified atom stereocenters. The summed E-state index contributed by atoms with van der Waals surface area (Å²) in [5.41, 5.74) is 3.52. The van der Waals surface area contributed by atoms with Gasteiger partial charge >= 0.3 is 5.97 Å². The van der Waals surface area contributed by atoms with Gasteiger partial charge in [0.05, 0.1) is 19.0 Å². The van der Waals surface area contributed by atoms with Crippen LogP contribution in [0.2, 0.25) is 0 Å². The van der Waals surface area contributed by atoms with Crippen molar-refractivity contribution < 1.29 is 16.0 Å². The first-order valence-corrected chi connectivity index (χ1v) is 10.4.